The largest absolute Gasteiger partial charge is 0.416 e. The molecule has 2 heterocycles. The number of halogens is 5. The Morgan fingerprint density at radius 2 is 1.82 bits per heavy atom. The Morgan fingerprint density at radius 3 is 2.42 bits per heavy atom. The van der Waals surface area contributed by atoms with Crippen LogP contribution in [0.1, 0.15) is 83.9 Å². The van der Waals surface area contributed by atoms with Crippen molar-refractivity contribution in [3.8, 4) is 0 Å². The maximum Gasteiger partial charge on any atom is 0.416 e. The van der Waals surface area contributed by atoms with E-state index in [1.807, 2.05) is 6.92 Å². The number of amides is 1. The van der Waals surface area contributed by atoms with Crippen LogP contribution in [0, 0.1) is 0 Å². The summed E-state index contributed by atoms with van der Waals surface area (Å²) in [4.78, 5) is 15.1. The van der Waals surface area contributed by atoms with Crippen LogP contribution in [0.15, 0.2) is 42.7 Å². The van der Waals surface area contributed by atoms with Gasteiger partial charge in [-0.3, -0.25) is 4.79 Å². The zero-order valence-corrected chi connectivity index (χ0v) is 22.3. The summed E-state index contributed by atoms with van der Waals surface area (Å²) in [5.74, 6) is -3.22. The summed E-state index contributed by atoms with van der Waals surface area (Å²) in [5.41, 5.74) is -1.22. The van der Waals surface area contributed by atoms with Crippen molar-refractivity contribution in [3.63, 3.8) is 0 Å². The quantitative estimate of drug-likeness (QED) is 0.369. The second kappa shape index (κ2) is 9.09. The van der Waals surface area contributed by atoms with E-state index in [9.17, 15) is 26.7 Å². The monoisotopic (exact) mass is 559 g/mol. The normalized spacial score (nSPS) is 23.4. The molecule has 2 saturated carbocycles. The van der Waals surface area contributed by atoms with Crippen molar-refractivity contribution >= 4 is 11.6 Å². The lowest BCUT2D eigenvalue weighted by Crippen LogP contribution is -2.47. The molecule has 6 rings (SSSR count). The maximum absolute atomic E-state index is 14.8. The minimum absolute atomic E-state index is 0.00958. The summed E-state index contributed by atoms with van der Waals surface area (Å²) in [6, 6.07) is 9.28. The molecule has 212 valence electrons. The first-order valence-electron chi connectivity index (χ1n) is 13.4. The van der Waals surface area contributed by atoms with Crippen molar-refractivity contribution in [2.45, 2.75) is 81.6 Å². The van der Waals surface area contributed by atoms with Gasteiger partial charge in [-0.1, -0.05) is 18.2 Å². The van der Waals surface area contributed by atoms with E-state index in [-0.39, 0.29) is 42.6 Å². The highest BCUT2D eigenvalue weighted by Gasteiger charge is 2.55. The molecule has 1 amide bonds. The molecule has 2 aromatic carbocycles. The maximum atomic E-state index is 14.8. The third-order valence-corrected chi connectivity index (χ3v) is 8.91. The van der Waals surface area contributed by atoms with Crippen molar-refractivity contribution in [1.29, 1.82) is 0 Å². The molecule has 3 aromatic rings. The van der Waals surface area contributed by atoms with Gasteiger partial charge in [0.15, 0.2) is 0 Å². The summed E-state index contributed by atoms with van der Waals surface area (Å²) >= 11 is 0. The topological polar surface area (TPSA) is 63.1 Å². The minimum Gasteiger partial charge on any atom is -0.320 e. The van der Waals surface area contributed by atoms with Crippen molar-refractivity contribution in [3.05, 3.63) is 76.4 Å². The van der Waals surface area contributed by atoms with E-state index in [4.69, 9.17) is 0 Å². The predicted molar refractivity (Wildman–Crippen MR) is 138 cm³/mol. The van der Waals surface area contributed by atoms with Crippen molar-refractivity contribution in [2.24, 2.45) is 7.05 Å². The van der Waals surface area contributed by atoms with Gasteiger partial charge in [-0.2, -0.15) is 13.2 Å². The Hall–Kier alpha value is -3.34. The second-order valence-corrected chi connectivity index (χ2v) is 11.7. The summed E-state index contributed by atoms with van der Waals surface area (Å²) in [7, 11) is 1.67. The minimum atomic E-state index is -4.66. The zero-order chi connectivity index (χ0) is 28.5. The summed E-state index contributed by atoms with van der Waals surface area (Å²) in [6.45, 7) is 1.94. The Bertz CT molecular complexity index is 1480. The third-order valence-electron chi connectivity index (χ3n) is 8.91. The van der Waals surface area contributed by atoms with Crippen LogP contribution in [0.5, 0.6) is 0 Å². The molecule has 0 bridgehead atoms. The van der Waals surface area contributed by atoms with Crippen LogP contribution in [0.25, 0.3) is 0 Å². The Morgan fingerprint density at radius 1 is 1.07 bits per heavy atom. The van der Waals surface area contributed by atoms with Crippen LogP contribution in [0.3, 0.4) is 0 Å². The molecule has 1 N–H and O–H groups in total. The van der Waals surface area contributed by atoms with Crippen LogP contribution < -0.4 is 10.2 Å². The van der Waals surface area contributed by atoms with Gasteiger partial charge in [-0.15, -0.1) is 10.2 Å². The van der Waals surface area contributed by atoms with Crippen LogP contribution >= 0.6 is 0 Å². The number of aryl methyl sites for hydroxylation is 1. The lowest BCUT2D eigenvalue weighted by Gasteiger charge is -2.39. The van der Waals surface area contributed by atoms with E-state index in [2.05, 4.69) is 15.5 Å². The van der Waals surface area contributed by atoms with Gasteiger partial charge in [0.25, 0.3) is 5.91 Å². The number of benzene rings is 2. The van der Waals surface area contributed by atoms with Crippen molar-refractivity contribution < 1.29 is 26.7 Å². The van der Waals surface area contributed by atoms with Crippen LogP contribution in [-0.4, -0.2) is 32.1 Å². The molecule has 2 aliphatic carbocycles. The molecule has 6 nitrogen and oxygen atoms in total. The molecule has 3 aliphatic rings. The van der Waals surface area contributed by atoms with E-state index in [1.54, 1.807) is 35.9 Å². The first-order valence-corrected chi connectivity index (χ1v) is 13.4. The van der Waals surface area contributed by atoms with E-state index in [1.165, 1.54) is 17.3 Å². The number of nitrogens with zero attached hydrogens (tertiary/aromatic N) is 4. The highest BCUT2D eigenvalue weighted by atomic mass is 19.4. The molecular formula is C29H30F5N5O. The predicted octanol–water partition coefficient (Wildman–Crippen LogP) is 6.13. The van der Waals surface area contributed by atoms with Gasteiger partial charge in [-0.25, -0.2) is 8.78 Å². The summed E-state index contributed by atoms with van der Waals surface area (Å²) in [6.07, 6.45) is -1.14. The Balaban J connectivity index is 1.43. The molecule has 1 aromatic heterocycles. The van der Waals surface area contributed by atoms with E-state index < -0.39 is 35.4 Å². The second-order valence-electron chi connectivity index (χ2n) is 11.7. The average molecular weight is 560 g/mol. The lowest BCUT2D eigenvalue weighted by atomic mass is 9.76. The number of carbonyl (C=O) groups is 1. The molecule has 11 heteroatoms. The zero-order valence-electron chi connectivity index (χ0n) is 22.3. The Kier molecular flexibility index (Phi) is 6.10. The van der Waals surface area contributed by atoms with E-state index in [0.717, 1.165) is 25.3 Å². The molecule has 1 aliphatic heterocycles. The molecule has 0 spiro atoms. The van der Waals surface area contributed by atoms with E-state index >= 15 is 0 Å². The van der Waals surface area contributed by atoms with Gasteiger partial charge in [0.05, 0.1) is 17.5 Å². The van der Waals surface area contributed by atoms with Gasteiger partial charge in [-0.05, 0) is 67.5 Å². The fourth-order valence-electron chi connectivity index (χ4n) is 6.60. The third kappa shape index (κ3) is 4.38. The number of rotatable bonds is 6. The standard InChI is InChI=1S/C29H30F5N5O/c1-26(8-5-9-26)35-14-18-12-19-20(22(13-18)29(32,33)34)15-39(24(19)40)23-7-4-3-6-21(23)27(10-11-28(30,31)16-27)25-37-36-17-38(25)2/h3-4,6-7,12-13,17,35H,5,8-11,14-16H2,1-2H3/t27-/m0/s1. The van der Waals surface area contributed by atoms with Gasteiger partial charge in [0.1, 0.15) is 12.2 Å². The molecule has 0 radical (unpaired) electrons. The number of anilines is 1. The van der Waals surface area contributed by atoms with Crippen molar-refractivity contribution in [1.82, 2.24) is 20.1 Å². The fourth-order valence-corrected chi connectivity index (χ4v) is 6.60. The number of alkyl halides is 5. The van der Waals surface area contributed by atoms with Crippen LogP contribution in [0.2, 0.25) is 0 Å². The number of carbonyl (C=O) groups excluding carboxylic acids is 1. The number of hydrogen-bond donors (Lipinski definition) is 1. The van der Waals surface area contributed by atoms with E-state index in [0.29, 0.717) is 22.6 Å². The molecule has 0 unspecified atom stereocenters. The van der Waals surface area contributed by atoms with Gasteiger partial charge in [0.2, 0.25) is 5.92 Å². The van der Waals surface area contributed by atoms with Gasteiger partial charge in [0, 0.05) is 43.2 Å². The SMILES string of the molecule is Cn1cnnc1[C@@]1(c2ccccc2N2Cc3c(cc(CNC4(C)CCC4)cc3C(F)(F)F)C2=O)CCC(F)(F)C1. The van der Waals surface area contributed by atoms with Crippen LogP contribution in [0.4, 0.5) is 27.6 Å². The van der Waals surface area contributed by atoms with Crippen molar-refractivity contribution in [2.75, 3.05) is 4.90 Å². The number of aromatic nitrogens is 3. The number of hydrogen-bond acceptors (Lipinski definition) is 4. The average Bonchev–Trinajstić information content (AvgIpc) is 3.56. The highest BCUT2D eigenvalue weighted by molar-refractivity contribution is 6.11. The summed E-state index contributed by atoms with van der Waals surface area (Å²) in [5, 5.41) is 11.4. The van der Waals surface area contributed by atoms with Gasteiger partial charge < -0.3 is 14.8 Å². The smallest absolute Gasteiger partial charge is 0.320 e. The van der Waals surface area contributed by atoms with Gasteiger partial charge >= 0.3 is 6.18 Å². The molecule has 40 heavy (non-hydrogen) atoms. The lowest BCUT2D eigenvalue weighted by molar-refractivity contribution is -0.138. The molecular weight excluding hydrogens is 529 g/mol. The first kappa shape index (κ1) is 26.9. The molecule has 0 saturated heterocycles. The summed E-state index contributed by atoms with van der Waals surface area (Å²) < 4.78 is 74.0. The number of para-hydroxylation sites is 1. The first-order chi connectivity index (χ1) is 18.8. The van der Waals surface area contributed by atoms with Crippen LogP contribution in [-0.2, 0) is 31.7 Å². The number of nitrogens with one attached hydrogen (secondary N) is 1. The Labute approximate surface area is 228 Å². The number of fused-ring (bicyclic) bond motifs is 1. The fraction of sp³-hybridized carbons (Fsp3) is 0.483. The molecule has 1 atom stereocenters. The molecule has 2 fully saturated rings. The highest BCUT2D eigenvalue weighted by Crippen LogP contribution is 2.54.